The summed E-state index contributed by atoms with van der Waals surface area (Å²) >= 11 is 0. The second kappa shape index (κ2) is 7.99. The zero-order valence-corrected chi connectivity index (χ0v) is 11.9. The molecule has 0 aromatic carbocycles. The monoisotopic (exact) mass is 287 g/mol. The van der Waals surface area contributed by atoms with E-state index < -0.39 is 24.7 Å². The van der Waals surface area contributed by atoms with Gasteiger partial charge in [-0.1, -0.05) is 13.8 Å². The number of rotatable bonds is 7. The molecule has 0 aliphatic heterocycles. The van der Waals surface area contributed by atoms with Crippen LogP contribution in [-0.2, 0) is 14.3 Å². The molecular weight excluding hydrogens is 265 g/mol. The summed E-state index contributed by atoms with van der Waals surface area (Å²) < 4.78 is 18.2. The molecule has 0 heterocycles. The van der Waals surface area contributed by atoms with Crippen molar-refractivity contribution in [2.75, 3.05) is 6.67 Å². The van der Waals surface area contributed by atoms with Gasteiger partial charge in [0.25, 0.3) is 5.91 Å². The third kappa shape index (κ3) is 4.30. The first-order valence-corrected chi connectivity index (χ1v) is 7.01. The van der Waals surface area contributed by atoms with Crippen LogP contribution in [-0.4, -0.2) is 35.9 Å². The van der Waals surface area contributed by atoms with Crippen LogP contribution in [0.4, 0.5) is 4.39 Å². The highest BCUT2D eigenvalue weighted by molar-refractivity contribution is 5.89. The van der Waals surface area contributed by atoms with Crippen LogP contribution in [0.5, 0.6) is 0 Å². The first-order chi connectivity index (χ1) is 9.53. The van der Waals surface area contributed by atoms with Crippen molar-refractivity contribution in [2.24, 2.45) is 0 Å². The minimum absolute atomic E-state index is 0.00502. The predicted octanol–water partition coefficient (Wildman–Crippen LogP) is 2.17. The largest absolute Gasteiger partial charge is 0.478 e. The van der Waals surface area contributed by atoms with Crippen molar-refractivity contribution in [1.29, 1.82) is 0 Å². The molecule has 1 atom stereocenters. The smallest absolute Gasteiger partial charge is 0.333 e. The lowest BCUT2D eigenvalue weighted by atomic mass is 9.93. The molecule has 6 heteroatoms. The van der Waals surface area contributed by atoms with Crippen molar-refractivity contribution in [3.05, 3.63) is 11.3 Å². The maximum Gasteiger partial charge on any atom is 0.333 e. The van der Waals surface area contributed by atoms with Gasteiger partial charge < -0.3 is 15.2 Å². The van der Waals surface area contributed by atoms with Crippen molar-refractivity contribution >= 4 is 11.9 Å². The molecular formula is C14H22FNO4. The molecule has 0 aromatic rings. The van der Waals surface area contributed by atoms with Crippen LogP contribution in [0.2, 0.25) is 0 Å². The van der Waals surface area contributed by atoms with E-state index in [9.17, 15) is 19.1 Å². The van der Waals surface area contributed by atoms with Gasteiger partial charge in [0, 0.05) is 0 Å². The van der Waals surface area contributed by atoms with Gasteiger partial charge in [-0.05, 0) is 32.1 Å². The Hall–Kier alpha value is -1.43. The summed E-state index contributed by atoms with van der Waals surface area (Å²) in [5.41, 5.74) is 0.340. The molecule has 114 valence electrons. The molecule has 2 N–H and O–H groups in total. The highest BCUT2D eigenvalue weighted by Crippen LogP contribution is 2.28. The molecule has 0 fully saturated rings. The van der Waals surface area contributed by atoms with Crippen LogP contribution in [0.25, 0.3) is 0 Å². The topological polar surface area (TPSA) is 75.6 Å². The number of halogens is 1. The van der Waals surface area contributed by atoms with E-state index in [4.69, 9.17) is 4.74 Å². The van der Waals surface area contributed by atoms with E-state index in [2.05, 4.69) is 5.32 Å². The van der Waals surface area contributed by atoms with Crippen molar-refractivity contribution in [3.8, 4) is 0 Å². The molecule has 1 aliphatic carbocycles. The molecule has 0 saturated carbocycles. The molecule has 0 bridgehead atoms. The van der Waals surface area contributed by atoms with Gasteiger partial charge >= 0.3 is 5.97 Å². The number of amides is 1. The van der Waals surface area contributed by atoms with E-state index in [1.165, 1.54) is 0 Å². The van der Waals surface area contributed by atoms with E-state index in [1.54, 1.807) is 0 Å². The molecule has 1 amide bonds. The number of hydrogen-bond acceptors (Lipinski definition) is 3. The fourth-order valence-corrected chi connectivity index (χ4v) is 2.35. The van der Waals surface area contributed by atoms with Gasteiger partial charge in [-0.25, -0.2) is 9.18 Å². The number of carbonyl (C=O) groups is 2. The zero-order chi connectivity index (χ0) is 15.1. The van der Waals surface area contributed by atoms with Gasteiger partial charge in [-0.3, -0.25) is 4.79 Å². The fraction of sp³-hybridized carbons (Fsp3) is 0.714. The van der Waals surface area contributed by atoms with Crippen LogP contribution >= 0.6 is 0 Å². The van der Waals surface area contributed by atoms with Gasteiger partial charge in [-0.15, -0.1) is 0 Å². The summed E-state index contributed by atoms with van der Waals surface area (Å²) in [6, 6.07) is 0. The standard InChI is InChI=1S/C14H22FNO4/c1-3-9(4-2)20-11-7-5-6-10(14(18)19)13(11)16-12(17)8-15/h9,11H,3-8H2,1-2H3,(H,16,17)(H,18,19). The first kappa shape index (κ1) is 16.6. The Bertz CT molecular complexity index is 391. The van der Waals surface area contributed by atoms with Crippen molar-refractivity contribution in [3.63, 3.8) is 0 Å². The Kier molecular flexibility index (Phi) is 6.64. The minimum atomic E-state index is -1.17. The summed E-state index contributed by atoms with van der Waals surface area (Å²) in [5.74, 6) is -1.92. The maximum atomic E-state index is 12.4. The SMILES string of the molecule is CCC(CC)OC1CCCC(C(=O)O)=C1NC(=O)CF. The summed E-state index contributed by atoms with van der Waals surface area (Å²) in [5, 5.41) is 11.6. The lowest BCUT2D eigenvalue weighted by Gasteiger charge is -2.30. The summed E-state index contributed by atoms with van der Waals surface area (Å²) in [6.07, 6.45) is 2.82. The first-order valence-electron chi connectivity index (χ1n) is 7.01. The van der Waals surface area contributed by atoms with E-state index in [0.717, 1.165) is 12.8 Å². The molecule has 1 aliphatic rings. The van der Waals surface area contributed by atoms with E-state index in [0.29, 0.717) is 19.3 Å². The highest BCUT2D eigenvalue weighted by Gasteiger charge is 2.30. The Labute approximate surface area is 118 Å². The second-order valence-corrected chi connectivity index (χ2v) is 4.83. The maximum absolute atomic E-state index is 12.4. The molecule has 5 nitrogen and oxygen atoms in total. The second-order valence-electron chi connectivity index (χ2n) is 4.83. The quantitative estimate of drug-likeness (QED) is 0.752. The van der Waals surface area contributed by atoms with Crippen LogP contribution in [0.1, 0.15) is 46.0 Å². The predicted molar refractivity (Wildman–Crippen MR) is 71.9 cm³/mol. The number of hydrogen-bond donors (Lipinski definition) is 2. The van der Waals surface area contributed by atoms with Gasteiger partial charge in [0.1, 0.15) is 0 Å². The normalized spacial score (nSPS) is 19.3. The average Bonchev–Trinajstić information content (AvgIpc) is 2.45. The van der Waals surface area contributed by atoms with Crippen molar-refractivity contribution < 1.29 is 23.8 Å². The van der Waals surface area contributed by atoms with Crippen LogP contribution in [0.3, 0.4) is 0 Å². The lowest BCUT2D eigenvalue weighted by Crippen LogP contribution is -2.38. The van der Waals surface area contributed by atoms with E-state index in [1.807, 2.05) is 13.8 Å². The number of carbonyl (C=O) groups excluding carboxylic acids is 1. The Morgan fingerprint density at radius 3 is 2.60 bits per heavy atom. The third-order valence-electron chi connectivity index (χ3n) is 3.46. The van der Waals surface area contributed by atoms with Gasteiger partial charge in [0.2, 0.25) is 0 Å². The summed E-state index contributed by atoms with van der Waals surface area (Å²) in [6.45, 7) is 2.80. The van der Waals surface area contributed by atoms with Gasteiger partial charge in [-0.2, -0.15) is 0 Å². The van der Waals surface area contributed by atoms with Crippen LogP contribution in [0.15, 0.2) is 11.3 Å². The molecule has 0 saturated heterocycles. The van der Waals surface area contributed by atoms with Gasteiger partial charge in [0.05, 0.1) is 23.5 Å². The molecule has 1 rings (SSSR count). The van der Waals surface area contributed by atoms with Crippen LogP contribution < -0.4 is 5.32 Å². The fourth-order valence-electron chi connectivity index (χ4n) is 2.35. The lowest BCUT2D eigenvalue weighted by molar-refractivity contribution is -0.133. The number of ether oxygens (including phenoxy) is 1. The number of carboxylic acids is 1. The molecule has 0 spiro atoms. The van der Waals surface area contributed by atoms with Crippen LogP contribution in [0, 0.1) is 0 Å². The molecule has 0 aromatic heterocycles. The number of alkyl halides is 1. The van der Waals surface area contributed by atoms with E-state index in [-0.39, 0.29) is 17.4 Å². The summed E-state index contributed by atoms with van der Waals surface area (Å²) in [4.78, 5) is 22.5. The Morgan fingerprint density at radius 2 is 2.10 bits per heavy atom. The van der Waals surface area contributed by atoms with E-state index >= 15 is 0 Å². The molecule has 20 heavy (non-hydrogen) atoms. The van der Waals surface area contributed by atoms with Crippen molar-refractivity contribution in [2.45, 2.75) is 58.2 Å². The Morgan fingerprint density at radius 1 is 1.45 bits per heavy atom. The average molecular weight is 287 g/mol. The Balaban J connectivity index is 2.97. The third-order valence-corrected chi connectivity index (χ3v) is 3.46. The highest BCUT2D eigenvalue weighted by atomic mass is 19.1. The number of nitrogens with one attached hydrogen (secondary N) is 1. The van der Waals surface area contributed by atoms with Crippen molar-refractivity contribution in [1.82, 2.24) is 5.32 Å². The summed E-state index contributed by atoms with van der Waals surface area (Å²) in [7, 11) is 0. The van der Waals surface area contributed by atoms with Gasteiger partial charge in [0.15, 0.2) is 6.67 Å². The zero-order valence-electron chi connectivity index (χ0n) is 11.9. The molecule has 1 unspecified atom stereocenters. The molecule has 0 radical (unpaired) electrons. The number of aliphatic carboxylic acids is 1. The number of carboxylic acid groups (broad SMARTS) is 1. The minimum Gasteiger partial charge on any atom is -0.478 e.